The first-order valence-electron chi connectivity index (χ1n) is 6.59. The molecule has 2 aliphatic rings. The van der Waals surface area contributed by atoms with Crippen LogP contribution in [0.4, 0.5) is 4.79 Å². The summed E-state index contributed by atoms with van der Waals surface area (Å²) in [5.41, 5.74) is 0.0107. The van der Waals surface area contributed by atoms with Gasteiger partial charge in [0, 0.05) is 13.3 Å². The van der Waals surface area contributed by atoms with Gasteiger partial charge >= 0.3 is 6.09 Å². The molecule has 0 spiro atoms. The molecule has 2 amide bonds. The van der Waals surface area contributed by atoms with Crippen LogP contribution in [0.3, 0.4) is 0 Å². The fraction of sp³-hybridized carbons (Fsp3) is 0.643. The van der Waals surface area contributed by atoms with Gasteiger partial charge in [-0.05, 0) is 20.8 Å². The number of amides is 2. The van der Waals surface area contributed by atoms with Crippen LogP contribution < -0.4 is 5.32 Å². The molecule has 1 heterocycles. The molecule has 0 radical (unpaired) electrons. The Morgan fingerprint density at radius 2 is 2.15 bits per heavy atom. The maximum atomic E-state index is 11.8. The van der Waals surface area contributed by atoms with Crippen molar-refractivity contribution in [3.8, 4) is 0 Å². The van der Waals surface area contributed by atoms with Crippen LogP contribution in [0.1, 0.15) is 34.1 Å². The summed E-state index contributed by atoms with van der Waals surface area (Å²) in [7, 11) is 0. The second-order valence-corrected chi connectivity index (χ2v) is 6.13. The molecule has 1 aliphatic heterocycles. The maximum absolute atomic E-state index is 11.8. The Kier molecular flexibility index (Phi) is 3.46. The van der Waals surface area contributed by atoms with Crippen molar-refractivity contribution in [3.63, 3.8) is 0 Å². The van der Waals surface area contributed by atoms with Crippen molar-refractivity contribution < 1.29 is 14.3 Å². The van der Waals surface area contributed by atoms with Gasteiger partial charge in [-0.25, -0.2) is 9.64 Å². The van der Waals surface area contributed by atoms with Gasteiger partial charge in [-0.2, -0.15) is 0 Å². The summed E-state index contributed by atoms with van der Waals surface area (Å²) in [5.74, 6) is -0.0431. The molecule has 6 nitrogen and oxygen atoms in total. The standard InChI is InChI=1S/C14H19N3O3/c1-8(18)17-11-7-9(15-5)6-10(12(11)17)16-13(19)20-14(2,3)4/h7,10-12H,6H2,1-4H3,(H,16,19)/t10-,11-,12+,17?/m0/s1. The number of hydrogen-bond acceptors (Lipinski definition) is 3. The van der Waals surface area contributed by atoms with E-state index < -0.39 is 11.7 Å². The van der Waals surface area contributed by atoms with E-state index in [0.29, 0.717) is 12.1 Å². The molecule has 3 atom stereocenters. The summed E-state index contributed by atoms with van der Waals surface area (Å²) < 4.78 is 5.22. The molecule has 0 unspecified atom stereocenters. The molecule has 0 aromatic carbocycles. The highest BCUT2D eigenvalue weighted by atomic mass is 16.6. The molecule has 0 aromatic heterocycles. The number of hydrogen-bond donors (Lipinski definition) is 1. The normalized spacial score (nSPS) is 27.9. The molecule has 0 bridgehead atoms. The molecule has 1 fully saturated rings. The number of carbonyl (C=O) groups excluding carboxylic acids is 2. The number of nitrogens with zero attached hydrogens (tertiary/aromatic N) is 2. The summed E-state index contributed by atoms with van der Waals surface area (Å²) in [5, 5.41) is 2.78. The maximum Gasteiger partial charge on any atom is 0.407 e. The summed E-state index contributed by atoms with van der Waals surface area (Å²) in [4.78, 5) is 28.4. The lowest BCUT2D eigenvalue weighted by molar-refractivity contribution is -0.124. The van der Waals surface area contributed by atoms with Crippen LogP contribution in [0.5, 0.6) is 0 Å². The lowest BCUT2D eigenvalue weighted by Crippen LogP contribution is -2.44. The van der Waals surface area contributed by atoms with Crippen LogP contribution in [-0.2, 0) is 9.53 Å². The van der Waals surface area contributed by atoms with Crippen molar-refractivity contribution in [1.29, 1.82) is 0 Å². The van der Waals surface area contributed by atoms with E-state index in [9.17, 15) is 9.59 Å². The van der Waals surface area contributed by atoms with Crippen molar-refractivity contribution >= 4 is 12.0 Å². The van der Waals surface area contributed by atoms with Gasteiger partial charge in [0.15, 0.2) is 5.70 Å². The van der Waals surface area contributed by atoms with E-state index >= 15 is 0 Å². The van der Waals surface area contributed by atoms with Crippen LogP contribution in [0, 0.1) is 6.57 Å². The van der Waals surface area contributed by atoms with Gasteiger partial charge in [-0.3, -0.25) is 4.79 Å². The third-order valence-electron chi connectivity index (χ3n) is 3.32. The molecule has 1 aliphatic carbocycles. The van der Waals surface area contributed by atoms with Gasteiger partial charge in [0.25, 0.3) is 0 Å². The van der Waals surface area contributed by atoms with E-state index in [1.165, 1.54) is 6.92 Å². The number of rotatable bonds is 1. The molecule has 1 saturated heterocycles. The van der Waals surface area contributed by atoms with Crippen LogP contribution in [0.25, 0.3) is 4.85 Å². The second-order valence-electron chi connectivity index (χ2n) is 6.13. The highest BCUT2D eigenvalue weighted by molar-refractivity contribution is 5.79. The second kappa shape index (κ2) is 4.82. The van der Waals surface area contributed by atoms with Crippen LogP contribution in [0.2, 0.25) is 0 Å². The van der Waals surface area contributed by atoms with Gasteiger partial charge in [-0.15, -0.1) is 0 Å². The predicted molar refractivity (Wildman–Crippen MR) is 72.6 cm³/mol. The Hall–Kier alpha value is -2.03. The highest BCUT2D eigenvalue weighted by Gasteiger charge is 2.55. The summed E-state index contributed by atoms with van der Waals surface area (Å²) in [6, 6.07) is -0.372. The molecular formula is C14H19N3O3. The van der Waals surface area contributed by atoms with Gasteiger partial charge in [-0.1, -0.05) is 6.08 Å². The number of ether oxygens (including phenoxy) is 1. The first-order chi connectivity index (χ1) is 9.23. The van der Waals surface area contributed by atoms with Crippen molar-refractivity contribution in [2.45, 2.75) is 57.8 Å². The van der Waals surface area contributed by atoms with Crippen LogP contribution >= 0.6 is 0 Å². The van der Waals surface area contributed by atoms with E-state index in [2.05, 4.69) is 10.2 Å². The Bertz CT molecular complexity index is 513. The van der Waals surface area contributed by atoms with Crippen molar-refractivity contribution in [2.75, 3.05) is 0 Å². The number of nitrogens with one attached hydrogen (secondary N) is 1. The van der Waals surface area contributed by atoms with Crippen molar-refractivity contribution in [1.82, 2.24) is 10.2 Å². The van der Waals surface area contributed by atoms with E-state index in [0.717, 1.165) is 0 Å². The Morgan fingerprint density at radius 1 is 1.50 bits per heavy atom. The third-order valence-corrected chi connectivity index (χ3v) is 3.32. The zero-order valence-electron chi connectivity index (χ0n) is 12.1. The smallest absolute Gasteiger partial charge is 0.407 e. The molecule has 20 heavy (non-hydrogen) atoms. The zero-order valence-corrected chi connectivity index (χ0v) is 12.1. The molecule has 1 N–H and O–H groups in total. The predicted octanol–water partition coefficient (Wildman–Crippen LogP) is 1.69. The van der Waals surface area contributed by atoms with E-state index in [1.807, 2.05) is 6.08 Å². The number of carbonyl (C=O) groups is 2. The van der Waals surface area contributed by atoms with Crippen molar-refractivity contribution in [3.05, 3.63) is 23.2 Å². The third kappa shape index (κ3) is 2.93. The topological polar surface area (TPSA) is 62.8 Å². The summed E-state index contributed by atoms with van der Waals surface area (Å²) in [6.45, 7) is 14.0. The minimum Gasteiger partial charge on any atom is -0.444 e. The molecule has 108 valence electrons. The van der Waals surface area contributed by atoms with Crippen molar-refractivity contribution in [2.24, 2.45) is 0 Å². The van der Waals surface area contributed by atoms with Gasteiger partial charge in [0.2, 0.25) is 5.91 Å². The highest BCUT2D eigenvalue weighted by Crippen LogP contribution is 2.39. The monoisotopic (exact) mass is 277 g/mol. The average molecular weight is 277 g/mol. The fourth-order valence-corrected chi connectivity index (χ4v) is 2.59. The number of alkyl carbamates (subject to hydrolysis) is 1. The van der Waals surface area contributed by atoms with Crippen LogP contribution in [0.15, 0.2) is 11.8 Å². The minimum atomic E-state index is -0.569. The Balaban J connectivity index is 2.05. The van der Waals surface area contributed by atoms with E-state index in [1.54, 1.807) is 25.7 Å². The van der Waals surface area contributed by atoms with Gasteiger partial charge in [0.1, 0.15) is 5.60 Å². The lowest BCUT2D eigenvalue weighted by atomic mass is 9.99. The molecule has 2 rings (SSSR count). The molecule has 6 heteroatoms. The van der Waals surface area contributed by atoms with Gasteiger partial charge < -0.3 is 15.0 Å². The molecule has 0 saturated carbocycles. The first-order valence-corrected chi connectivity index (χ1v) is 6.59. The van der Waals surface area contributed by atoms with Gasteiger partial charge in [0.05, 0.1) is 24.7 Å². The zero-order chi connectivity index (χ0) is 15.1. The molecular weight excluding hydrogens is 258 g/mol. The SMILES string of the molecule is [C-]#[N+]C1=C[C@H]2[C@@H]([C@@H](NC(=O)OC(C)(C)C)C1)N2C(C)=O. The van der Waals surface area contributed by atoms with E-state index in [4.69, 9.17) is 11.3 Å². The Morgan fingerprint density at radius 3 is 2.65 bits per heavy atom. The largest absolute Gasteiger partial charge is 0.444 e. The summed E-state index contributed by atoms with van der Waals surface area (Å²) >= 11 is 0. The first kappa shape index (κ1) is 14.4. The lowest BCUT2D eigenvalue weighted by Gasteiger charge is -2.24. The fourth-order valence-electron chi connectivity index (χ4n) is 2.59. The molecule has 0 aromatic rings. The minimum absolute atomic E-state index is 0.0431. The van der Waals surface area contributed by atoms with E-state index in [-0.39, 0.29) is 24.0 Å². The Labute approximate surface area is 118 Å². The average Bonchev–Trinajstić information content (AvgIpc) is 3.00. The number of fused-ring (bicyclic) bond motifs is 1. The quantitative estimate of drug-likeness (QED) is 0.586. The van der Waals surface area contributed by atoms with Crippen LogP contribution in [-0.4, -0.2) is 40.6 Å². The summed E-state index contributed by atoms with van der Waals surface area (Å²) in [6.07, 6.45) is 1.74.